The topological polar surface area (TPSA) is 36.0 Å². The summed E-state index contributed by atoms with van der Waals surface area (Å²) in [6.45, 7) is 9.27. The van der Waals surface area contributed by atoms with Crippen molar-refractivity contribution in [3.05, 3.63) is 59.2 Å². The van der Waals surface area contributed by atoms with Crippen LogP contribution in [0.1, 0.15) is 70.9 Å². The van der Waals surface area contributed by atoms with Gasteiger partial charge in [-0.1, -0.05) is 43.7 Å². The van der Waals surface area contributed by atoms with Gasteiger partial charge in [0.25, 0.3) is 0 Å². The molecule has 0 radical (unpaired) electrons. The highest BCUT2D eigenvalue weighted by Gasteiger charge is 2.59. The summed E-state index contributed by atoms with van der Waals surface area (Å²) in [4.78, 5) is 3.63. The molecule has 1 aromatic heterocycles. The van der Waals surface area contributed by atoms with Crippen molar-refractivity contribution in [2.75, 3.05) is 0 Å². The Labute approximate surface area is 180 Å². The van der Waals surface area contributed by atoms with E-state index in [-0.39, 0.29) is 16.9 Å². The molecular weight excluding hydrogens is 366 g/mol. The lowest BCUT2D eigenvalue weighted by Gasteiger charge is -2.61. The van der Waals surface area contributed by atoms with Gasteiger partial charge in [-0.3, -0.25) is 0 Å². The zero-order chi connectivity index (χ0) is 21.1. The highest BCUT2D eigenvalue weighted by Crippen LogP contribution is 2.62. The van der Waals surface area contributed by atoms with E-state index in [2.05, 4.69) is 75.2 Å². The third-order valence-electron chi connectivity index (χ3n) is 8.76. The molecular formula is C28H35NO. The maximum atomic E-state index is 11.7. The quantitative estimate of drug-likeness (QED) is 0.453. The Morgan fingerprint density at radius 3 is 2.73 bits per heavy atom. The first-order chi connectivity index (χ1) is 14.4. The van der Waals surface area contributed by atoms with E-state index in [0.29, 0.717) is 5.92 Å². The molecule has 2 aliphatic carbocycles. The first-order valence-corrected chi connectivity index (χ1v) is 11.7. The Kier molecular flexibility index (Phi) is 4.63. The molecule has 158 valence electrons. The summed E-state index contributed by atoms with van der Waals surface area (Å²) < 4.78 is 0. The normalized spacial score (nSPS) is 30.8. The second-order valence-electron chi connectivity index (χ2n) is 10.4. The molecule has 2 aliphatic rings. The first-order valence-electron chi connectivity index (χ1n) is 11.7. The van der Waals surface area contributed by atoms with E-state index >= 15 is 0 Å². The van der Waals surface area contributed by atoms with Crippen molar-refractivity contribution < 1.29 is 5.11 Å². The predicted octanol–water partition coefficient (Wildman–Crippen LogP) is 7.05. The molecule has 5 rings (SSSR count). The molecule has 0 unspecified atom stereocenters. The number of nitrogens with one attached hydrogen (secondary N) is 1. The molecule has 1 heterocycles. The number of H-pyrrole nitrogens is 1. The smallest absolute Gasteiger partial charge is 0.0642 e. The Bertz CT molecular complexity index is 1130. The van der Waals surface area contributed by atoms with E-state index in [0.717, 1.165) is 32.1 Å². The van der Waals surface area contributed by atoms with Crippen molar-refractivity contribution in [1.82, 2.24) is 4.98 Å². The number of para-hydroxylation sites is 1. The zero-order valence-corrected chi connectivity index (χ0v) is 18.9. The van der Waals surface area contributed by atoms with E-state index in [1.807, 2.05) is 0 Å². The van der Waals surface area contributed by atoms with E-state index < -0.39 is 0 Å². The fourth-order valence-corrected chi connectivity index (χ4v) is 6.88. The summed E-state index contributed by atoms with van der Waals surface area (Å²) in [5.74, 6) is 0.624. The number of aromatic nitrogens is 1. The minimum atomic E-state index is -0.272. The molecule has 2 heteroatoms. The van der Waals surface area contributed by atoms with Gasteiger partial charge in [0.1, 0.15) is 0 Å². The highest BCUT2D eigenvalue weighted by atomic mass is 16.3. The molecule has 0 aliphatic heterocycles. The number of rotatable bonds is 3. The lowest BCUT2D eigenvalue weighted by Crippen LogP contribution is -2.60. The van der Waals surface area contributed by atoms with Crippen LogP contribution >= 0.6 is 0 Å². The second kappa shape index (κ2) is 6.99. The number of hydrogen-bond acceptors (Lipinski definition) is 1. The fraction of sp³-hybridized carbons (Fsp3) is 0.500. The molecule has 0 bridgehead atoms. The second-order valence-corrected chi connectivity index (χ2v) is 10.4. The van der Waals surface area contributed by atoms with Crippen molar-refractivity contribution in [3.63, 3.8) is 0 Å². The molecule has 0 saturated heterocycles. The third-order valence-corrected chi connectivity index (χ3v) is 8.76. The van der Waals surface area contributed by atoms with Crippen LogP contribution in [0.5, 0.6) is 0 Å². The van der Waals surface area contributed by atoms with Gasteiger partial charge in [-0.2, -0.15) is 0 Å². The SMILES string of the molecule is CC(C)=CCC[C@@]12c3cc4c(cc3CC[C@]1(C)[C@@H](C)CC[C@H]2O)[nH]c1ccccc14. The Morgan fingerprint density at radius 1 is 1.13 bits per heavy atom. The predicted molar refractivity (Wildman–Crippen MR) is 127 cm³/mol. The number of aliphatic hydroxyl groups excluding tert-OH is 1. The number of fused-ring (bicyclic) bond motifs is 6. The van der Waals surface area contributed by atoms with Crippen LogP contribution in [-0.4, -0.2) is 16.2 Å². The average molecular weight is 402 g/mol. The zero-order valence-electron chi connectivity index (χ0n) is 18.9. The fourth-order valence-electron chi connectivity index (χ4n) is 6.88. The summed E-state index contributed by atoms with van der Waals surface area (Å²) in [5, 5.41) is 14.3. The summed E-state index contributed by atoms with van der Waals surface area (Å²) >= 11 is 0. The summed E-state index contributed by atoms with van der Waals surface area (Å²) in [6.07, 6.45) is 8.47. The van der Waals surface area contributed by atoms with Gasteiger partial charge < -0.3 is 10.1 Å². The summed E-state index contributed by atoms with van der Waals surface area (Å²) in [7, 11) is 0. The van der Waals surface area contributed by atoms with Crippen LogP contribution in [0.3, 0.4) is 0 Å². The molecule has 2 nitrogen and oxygen atoms in total. The van der Waals surface area contributed by atoms with Crippen molar-refractivity contribution in [3.8, 4) is 0 Å². The van der Waals surface area contributed by atoms with Gasteiger partial charge >= 0.3 is 0 Å². The van der Waals surface area contributed by atoms with Crippen molar-refractivity contribution in [2.45, 2.75) is 77.7 Å². The number of benzene rings is 2. The van der Waals surface area contributed by atoms with Crippen LogP contribution in [0, 0.1) is 11.3 Å². The Hall–Kier alpha value is -2.06. The maximum absolute atomic E-state index is 11.7. The summed E-state index contributed by atoms with van der Waals surface area (Å²) in [6, 6.07) is 13.5. The average Bonchev–Trinajstić information content (AvgIpc) is 3.08. The number of aryl methyl sites for hydroxylation is 1. The van der Waals surface area contributed by atoms with Gasteiger partial charge in [-0.15, -0.1) is 0 Å². The molecule has 30 heavy (non-hydrogen) atoms. The molecule has 0 spiro atoms. The molecule has 2 aromatic carbocycles. The van der Waals surface area contributed by atoms with E-state index in [4.69, 9.17) is 0 Å². The number of aliphatic hydroxyl groups is 1. The van der Waals surface area contributed by atoms with E-state index in [9.17, 15) is 5.11 Å². The van der Waals surface area contributed by atoms with Gasteiger partial charge in [-0.05, 0) is 93.0 Å². The van der Waals surface area contributed by atoms with Gasteiger partial charge in [0, 0.05) is 27.2 Å². The van der Waals surface area contributed by atoms with Gasteiger partial charge in [0.2, 0.25) is 0 Å². The van der Waals surface area contributed by atoms with Gasteiger partial charge in [-0.25, -0.2) is 0 Å². The lowest BCUT2D eigenvalue weighted by molar-refractivity contribution is -0.0950. The van der Waals surface area contributed by atoms with Crippen molar-refractivity contribution in [2.24, 2.45) is 11.3 Å². The van der Waals surface area contributed by atoms with Crippen LogP contribution in [0.4, 0.5) is 0 Å². The standard InChI is InChI=1S/C28H35NO/c1-18(2)8-7-14-28-23-17-22-21-9-5-6-10-24(21)29-25(22)16-20(23)13-15-27(28,4)19(3)11-12-26(28)30/h5-6,8-10,16-17,19,26,29-30H,7,11-15H2,1-4H3/t19-,26+,27+,28-/m0/s1. The summed E-state index contributed by atoms with van der Waals surface area (Å²) in [5.41, 5.74) is 6.63. The van der Waals surface area contributed by atoms with Crippen LogP contribution in [-0.2, 0) is 11.8 Å². The van der Waals surface area contributed by atoms with E-state index in [1.54, 1.807) is 0 Å². The molecule has 3 aromatic rings. The molecule has 1 fully saturated rings. The monoisotopic (exact) mass is 401 g/mol. The Balaban J connectivity index is 1.77. The molecule has 0 amide bonds. The minimum absolute atomic E-state index is 0.132. The molecule has 1 saturated carbocycles. The van der Waals surface area contributed by atoms with Gasteiger partial charge in [0.15, 0.2) is 0 Å². The largest absolute Gasteiger partial charge is 0.392 e. The molecule has 4 atom stereocenters. The van der Waals surface area contributed by atoms with Crippen molar-refractivity contribution >= 4 is 21.8 Å². The van der Waals surface area contributed by atoms with E-state index in [1.165, 1.54) is 44.9 Å². The number of aromatic amines is 1. The lowest BCUT2D eigenvalue weighted by atomic mass is 9.44. The number of hydrogen-bond donors (Lipinski definition) is 2. The van der Waals surface area contributed by atoms with Crippen LogP contribution in [0.15, 0.2) is 48.0 Å². The first kappa shape index (κ1) is 19.9. The maximum Gasteiger partial charge on any atom is 0.0642 e. The van der Waals surface area contributed by atoms with Crippen LogP contribution in [0.2, 0.25) is 0 Å². The van der Waals surface area contributed by atoms with Gasteiger partial charge in [0.05, 0.1) is 6.10 Å². The van der Waals surface area contributed by atoms with Crippen molar-refractivity contribution in [1.29, 1.82) is 0 Å². The number of allylic oxidation sites excluding steroid dienone is 2. The third kappa shape index (κ3) is 2.66. The minimum Gasteiger partial charge on any atom is -0.392 e. The highest BCUT2D eigenvalue weighted by molar-refractivity contribution is 6.07. The van der Waals surface area contributed by atoms with Crippen LogP contribution < -0.4 is 0 Å². The van der Waals surface area contributed by atoms with Crippen LogP contribution in [0.25, 0.3) is 21.8 Å². The Morgan fingerprint density at radius 2 is 1.93 bits per heavy atom. The molecule has 2 N–H and O–H groups in total.